The summed E-state index contributed by atoms with van der Waals surface area (Å²) in [5, 5.41) is 3.86. The number of hydrogen-bond donors (Lipinski definition) is 1. The van der Waals surface area contributed by atoms with Gasteiger partial charge in [0.1, 0.15) is 11.8 Å². The van der Waals surface area contributed by atoms with Crippen molar-refractivity contribution in [3.63, 3.8) is 0 Å². The Morgan fingerprint density at radius 1 is 0.971 bits per heavy atom. The third kappa shape index (κ3) is 7.66. The van der Waals surface area contributed by atoms with Crippen molar-refractivity contribution in [3.05, 3.63) is 99.5 Å². The number of ether oxygens (including phenoxy) is 1. The maximum absolute atomic E-state index is 13.5. The first-order chi connectivity index (χ1) is 16.9. The van der Waals surface area contributed by atoms with Crippen LogP contribution in [-0.2, 0) is 28.3 Å². The van der Waals surface area contributed by atoms with Gasteiger partial charge in [-0.05, 0) is 41.0 Å². The average molecular weight is 532 g/mol. The zero-order chi connectivity index (χ0) is 25.2. The average Bonchev–Trinajstić information content (AvgIpc) is 2.88. The molecule has 0 aromatic heterocycles. The Bertz CT molecular complexity index is 1120. The van der Waals surface area contributed by atoms with Crippen molar-refractivity contribution in [3.8, 4) is 5.75 Å². The molecule has 3 aromatic rings. The smallest absolute Gasteiger partial charge is 0.242 e. The minimum atomic E-state index is -0.675. The minimum absolute atomic E-state index is 0.148. The monoisotopic (exact) mass is 530 g/mol. The molecule has 0 aliphatic carbocycles. The molecular weight excluding hydrogens is 503 g/mol. The quantitative estimate of drug-likeness (QED) is 0.349. The predicted octanol–water partition coefficient (Wildman–Crippen LogP) is 5.62. The molecule has 1 atom stereocenters. The first-order valence-electron chi connectivity index (χ1n) is 11.1. The second kappa shape index (κ2) is 13.4. The van der Waals surface area contributed by atoms with Gasteiger partial charge in [0.25, 0.3) is 0 Å². The van der Waals surface area contributed by atoms with Crippen molar-refractivity contribution in [1.29, 1.82) is 0 Å². The highest BCUT2D eigenvalue weighted by Crippen LogP contribution is 2.28. The number of hydrogen-bond acceptors (Lipinski definition) is 4. The van der Waals surface area contributed by atoms with E-state index in [9.17, 15) is 9.59 Å². The van der Waals surface area contributed by atoms with Crippen LogP contribution in [-0.4, -0.2) is 42.7 Å². The van der Waals surface area contributed by atoms with Crippen LogP contribution < -0.4 is 10.1 Å². The lowest BCUT2D eigenvalue weighted by Gasteiger charge is -2.31. The van der Waals surface area contributed by atoms with Crippen LogP contribution in [0.5, 0.6) is 5.75 Å². The summed E-state index contributed by atoms with van der Waals surface area (Å²) in [5.41, 5.74) is 2.64. The van der Waals surface area contributed by atoms with Crippen molar-refractivity contribution in [2.45, 2.75) is 24.8 Å². The molecule has 0 unspecified atom stereocenters. The number of carbonyl (C=O) groups is 2. The van der Waals surface area contributed by atoms with Crippen LogP contribution in [0.3, 0.4) is 0 Å². The first-order valence-corrected chi connectivity index (χ1v) is 13.0. The summed E-state index contributed by atoms with van der Waals surface area (Å²) in [7, 11) is 3.18. The third-order valence-corrected chi connectivity index (χ3v) is 7.19. The Hall–Kier alpha value is -2.67. The van der Waals surface area contributed by atoms with Crippen LogP contribution in [0.1, 0.15) is 16.7 Å². The van der Waals surface area contributed by atoms with Gasteiger partial charge in [0, 0.05) is 35.8 Å². The van der Waals surface area contributed by atoms with Crippen LogP contribution in [0, 0.1) is 0 Å². The van der Waals surface area contributed by atoms with Crippen LogP contribution >= 0.6 is 35.0 Å². The minimum Gasteiger partial charge on any atom is -0.497 e. The van der Waals surface area contributed by atoms with E-state index in [1.54, 1.807) is 37.3 Å². The van der Waals surface area contributed by atoms with Gasteiger partial charge in [-0.1, -0.05) is 71.7 Å². The number of rotatable bonds is 11. The summed E-state index contributed by atoms with van der Waals surface area (Å²) in [6.07, 6.45) is 0.400. The van der Waals surface area contributed by atoms with Gasteiger partial charge in [-0.25, -0.2) is 0 Å². The number of thioether (sulfide) groups is 1. The van der Waals surface area contributed by atoms with Crippen molar-refractivity contribution in [2.75, 3.05) is 19.9 Å². The van der Waals surface area contributed by atoms with E-state index in [2.05, 4.69) is 5.32 Å². The molecule has 184 valence electrons. The fourth-order valence-corrected chi connectivity index (χ4v) is 5.33. The van der Waals surface area contributed by atoms with Crippen molar-refractivity contribution in [2.24, 2.45) is 0 Å². The largest absolute Gasteiger partial charge is 0.497 e. The van der Waals surface area contributed by atoms with Gasteiger partial charge in [0.05, 0.1) is 12.9 Å². The Labute approximate surface area is 220 Å². The Morgan fingerprint density at radius 2 is 1.63 bits per heavy atom. The molecule has 35 heavy (non-hydrogen) atoms. The van der Waals surface area contributed by atoms with Crippen LogP contribution in [0.15, 0.2) is 72.8 Å². The highest BCUT2D eigenvalue weighted by atomic mass is 35.5. The molecule has 0 aliphatic rings. The van der Waals surface area contributed by atoms with Gasteiger partial charge < -0.3 is 15.0 Å². The van der Waals surface area contributed by atoms with Gasteiger partial charge in [-0.15, -0.1) is 11.8 Å². The third-order valence-electron chi connectivity index (χ3n) is 5.54. The second-order valence-electron chi connectivity index (χ2n) is 7.89. The highest BCUT2D eigenvalue weighted by molar-refractivity contribution is 7.99. The van der Waals surface area contributed by atoms with E-state index in [0.717, 1.165) is 16.7 Å². The lowest BCUT2D eigenvalue weighted by molar-refractivity contribution is -0.139. The summed E-state index contributed by atoms with van der Waals surface area (Å²) >= 11 is 14.0. The second-order valence-corrected chi connectivity index (χ2v) is 9.69. The molecule has 0 bridgehead atoms. The molecule has 5 nitrogen and oxygen atoms in total. The van der Waals surface area contributed by atoms with E-state index in [4.69, 9.17) is 27.9 Å². The van der Waals surface area contributed by atoms with Gasteiger partial charge in [-0.3, -0.25) is 9.59 Å². The van der Waals surface area contributed by atoms with E-state index in [1.165, 1.54) is 11.8 Å². The highest BCUT2D eigenvalue weighted by Gasteiger charge is 2.29. The number of methoxy groups -OCH3 is 1. The lowest BCUT2D eigenvalue weighted by atomic mass is 10.0. The van der Waals surface area contributed by atoms with E-state index >= 15 is 0 Å². The van der Waals surface area contributed by atoms with Crippen LogP contribution in [0.25, 0.3) is 0 Å². The molecule has 0 saturated carbocycles. The van der Waals surface area contributed by atoms with Crippen LogP contribution in [0.2, 0.25) is 10.0 Å². The number of likely N-dealkylation sites (N-methyl/N-ethyl adjacent to an activating group) is 1. The SMILES string of the molecule is CNC(=O)[C@@H](Cc1ccccc1)N(Cc1cccc(OC)c1)C(=O)CSCc1c(Cl)cccc1Cl. The Balaban J connectivity index is 1.84. The number of nitrogens with one attached hydrogen (secondary N) is 1. The molecule has 0 fully saturated rings. The Kier molecular flexibility index (Phi) is 10.3. The number of carbonyl (C=O) groups excluding carboxylic acids is 2. The number of nitrogens with zero attached hydrogens (tertiary/aromatic N) is 1. The molecule has 0 saturated heterocycles. The predicted molar refractivity (Wildman–Crippen MR) is 144 cm³/mol. The van der Waals surface area contributed by atoms with Gasteiger partial charge in [0.2, 0.25) is 11.8 Å². The molecular formula is C27H28Cl2N2O3S. The summed E-state index contributed by atoms with van der Waals surface area (Å²) in [6.45, 7) is 0.272. The van der Waals surface area contributed by atoms with Gasteiger partial charge >= 0.3 is 0 Å². The van der Waals surface area contributed by atoms with Gasteiger partial charge in [-0.2, -0.15) is 0 Å². The van der Waals surface area contributed by atoms with Crippen LogP contribution in [0.4, 0.5) is 0 Å². The summed E-state index contributed by atoms with van der Waals surface area (Å²) in [6, 6.07) is 21.9. The molecule has 0 radical (unpaired) electrons. The molecule has 0 spiro atoms. The lowest BCUT2D eigenvalue weighted by Crippen LogP contribution is -2.50. The number of halogens is 2. The van der Waals surface area contributed by atoms with E-state index < -0.39 is 6.04 Å². The van der Waals surface area contributed by atoms with Gasteiger partial charge in [0.15, 0.2) is 0 Å². The van der Waals surface area contributed by atoms with E-state index in [0.29, 0.717) is 28.0 Å². The standard InChI is InChI=1S/C27H28Cl2N2O3S/c1-30-27(33)25(15-19-8-4-3-5-9-19)31(16-20-10-6-11-21(14-20)34-2)26(32)18-35-17-22-23(28)12-7-13-24(22)29/h3-14,25H,15-18H2,1-2H3,(H,30,33)/t25-/m1/s1. The molecule has 2 amide bonds. The summed E-state index contributed by atoms with van der Waals surface area (Å²) in [5.74, 6) is 0.987. The zero-order valence-electron chi connectivity index (χ0n) is 19.7. The number of benzene rings is 3. The molecule has 1 N–H and O–H groups in total. The maximum atomic E-state index is 13.5. The molecule has 3 aromatic carbocycles. The normalized spacial score (nSPS) is 11.5. The summed E-state index contributed by atoms with van der Waals surface area (Å²) in [4.78, 5) is 28.2. The summed E-state index contributed by atoms with van der Waals surface area (Å²) < 4.78 is 5.35. The van der Waals surface area contributed by atoms with Crippen molar-refractivity contribution >= 4 is 46.8 Å². The van der Waals surface area contributed by atoms with E-state index in [-0.39, 0.29) is 24.1 Å². The fourth-order valence-electron chi connectivity index (χ4n) is 3.68. The molecule has 3 rings (SSSR count). The maximum Gasteiger partial charge on any atom is 0.242 e. The Morgan fingerprint density at radius 3 is 2.29 bits per heavy atom. The molecule has 8 heteroatoms. The zero-order valence-corrected chi connectivity index (χ0v) is 22.0. The van der Waals surface area contributed by atoms with E-state index in [1.807, 2.05) is 54.6 Å². The molecule has 0 aliphatic heterocycles. The topological polar surface area (TPSA) is 58.6 Å². The molecule has 0 heterocycles. The number of amides is 2. The van der Waals surface area contributed by atoms with Crippen molar-refractivity contribution in [1.82, 2.24) is 10.2 Å². The van der Waals surface area contributed by atoms with Crippen molar-refractivity contribution < 1.29 is 14.3 Å². The first kappa shape index (κ1) is 26.9. The fraction of sp³-hybridized carbons (Fsp3) is 0.259.